The van der Waals surface area contributed by atoms with E-state index < -0.39 is 0 Å². The summed E-state index contributed by atoms with van der Waals surface area (Å²) in [4.78, 5) is 16.6. The van der Waals surface area contributed by atoms with Gasteiger partial charge in [0.1, 0.15) is 5.69 Å². The molecule has 0 saturated carbocycles. The van der Waals surface area contributed by atoms with Crippen molar-refractivity contribution in [1.29, 1.82) is 0 Å². The lowest BCUT2D eigenvalue weighted by atomic mass is 10.0. The van der Waals surface area contributed by atoms with Gasteiger partial charge in [0, 0.05) is 5.38 Å². The molecule has 0 radical (unpaired) electrons. The number of amides is 1. The van der Waals surface area contributed by atoms with Crippen LogP contribution in [0.1, 0.15) is 23.1 Å². The first kappa shape index (κ1) is 14.2. The van der Waals surface area contributed by atoms with Gasteiger partial charge in [-0.05, 0) is 48.1 Å². The van der Waals surface area contributed by atoms with E-state index in [-0.39, 0.29) is 5.91 Å². The average molecular weight is 324 g/mol. The van der Waals surface area contributed by atoms with Crippen LogP contribution in [0.3, 0.4) is 0 Å². The minimum atomic E-state index is -0.0386. The van der Waals surface area contributed by atoms with Crippen LogP contribution in [0.15, 0.2) is 46.4 Å². The van der Waals surface area contributed by atoms with E-state index in [0.29, 0.717) is 17.3 Å². The van der Waals surface area contributed by atoms with E-state index in [1.165, 1.54) is 28.9 Å². The molecule has 5 heteroatoms. The Labute approximate surface area is 138 Å². The van der Waals surface area contributed by atoms with Gasteiger partial charge in [-0.25, -0.2) is 4.98 Å². The van der Waals surface area contributed by atoms with Crippen LogP contribution < -0.4 is 5.32 Å². The predicted molar refractivity (Wildman–Crippen MR) is 90.6 cm³/mol. The molecule has 1 amide bonds. The van der Waals surface area contributed by atoms with Crippen molar-refractivity contribution in [2.45, 2.75) is 25.7 Å². The van der Waals surface area contributed by atoms with Crippen molar-refractivity contribution in [2.24, 2.45) is 0 Å². The van der Waals surface area contributed by atoms with E-state index in [2.05, 4.69) is 28.5 Å². The highest BCUT2D eigenvalue weighted by Gasteiger charge is 2.13. The Morgan fingerprint density at radius 1 is 1.26 bits per heavy atom. The summed E-state index contributed by atoms with van der Waals surface area (Å²) in [5, 5.41) is 5.35. The zero-order valence-corrected chi connectivity index (χ0v) is 13.4. The van der Waals surface area contributed by atoms with Crippen LogP contribution in [0.2, 0.25) is 0 Å². The molecule has 1 aliphatic carbocycles. The van der Waals surface area contributed by atoms with Crippen molar-refractivity contribution in [3.05, 3.63) is 58.7 Å². The van der Waals surface area contributed by atoms with Crippen LogP contribution in [0.5, 0.6) is 0 Å². The quantitative estimate of drug-likeness (QED) is 0.787. The van der Waals surface area contributed by atoms with Gasteiger partial charge >= 0.3 is 0 Å². The maximum atomic E-state index is 12.2. The lowest BCUT2D eigenvalue weighted by molar-refractivity contribution is -0.115. The van der Waals surface area contributed by atoms with Crippen LogP contribution in [-0.4, -0.2) is 10.9 Å². The molecule has 0 aliphatic heterocycles. The summed E-state index contributed by atoms with van der Waals surface area (Å²) < 4.78 is 5.31. The fourth-order valence-corrected chi connectivity index (χ4v) is 3.67. The molecular weight excluding hydrogens is 308 g/mol. The van der Waals surface area contributed by atoms with Crippen LogP contribution in [0.4, 0.5) is 5.13 Å². The van der Waals surface area contributed by atoms with Crippen LogP contribution >= 0.6 is 11.3 Å². The Morgan fingerprint density at radius 3 is 3.04 bits per heavy atom. The molecule has 2 heterocycles. The maximum Gasteiger partial charge on any atom is 0.230 e. The molecule has 0 fully saturated rings. The van der Waals surface area contributed by atoms with E-state index in [1.807, 2.05) is 17.5 Å². The minimum absolute atomic E-state index is 0.0386. The Hall–Kier alpha value is -2.40. The third-order valence-electron chi connectivity index (χ3n) is 4.05. The Balaban J connectivity index is 1.42. The van der Waals surface area contributed by atoms with Crippen molar-refractivity contribution in [1.82, 2.24) is 4.98 Å². The SMILES string of the molecule is O=C(Cc1ccc2c(c1)CCC2)Nc1nc(-c2ccco2)cs1. The normalized spacial score (nSPS) is 13.0. The zero-order chi connectivity index (χ0) is 15.6. The van der Waals surface area contributed by atoms with Crippen molar-refractivity contribution in [3.8, 4) is 11.5 Å². The summed E-state index contributed by atoms with van der Waals surface area (Å²) in [6, 6.07) is 10.0. The highest BCUT2D eigenvalue weighted by molar-refractivity contribution is 7.14. The van der Waals surface area contributed by atoms with Crippen LogP contribution in [0.25, 0.3) is 11.5 Å². The fourth-order valence-electron chi connectivity index (χ4n) is 2.95. The van der Waals surface area contributed by atoms with Crippen molar-refractivity contribution in [3.63, 3.8) is 0 Å². The first-order chi connectivity index (χ1) is 11.3. The topological polar surface area (TPSA) is 55.1 Å². The number of fused-ring (bicyclic) bond motifs is 1. The molecule has 0 unspecified atom stereocenters. The Morgan fingerprint density at radius 2 is 2.17 bits per heavy atom. The number of thiazole rings is 1. The van der Waals surface area contributed by atoms with Crippen molar-refractivity contribution >= 4 is 22.4 Å². The number of hydrogen-bond acceptors (Lipinski definition) is 4. The molecule has 4 nitrogen and oxygen atoms in total. The van der Waals surface area contributed by atoms with Gasteiger partial charge in [0.25, 0.3) is 0 Å². The molecule has 1 N–H and O–H groups in total. The molecule has 2 aromatic heterocycles. The summed E-state index contributed by atoms with van der Waals surface area (Å²) in [6.07, 6.45) is 5.50. The first-order valence-corrected chi connectivity index (χ1v) is 8.56. The van der Waals surface area contributed by atoms with Gasteiger partial charge in [-0.3, -0.25) is 4.79 Å². The largest absolute Gasteiger partial charge is 0.463 e. The smallest absolute Gasteiger partial charge is 0.230 e. The maximum absolute atomic E-state index is 12.2. The first-order valence-electron chi connectivity index (χ1n) is 7.68. The molecule has 1 aromatic carbocycles. The molecule has 0 spiro atoms. The Bertz CT molecular complexity index is 837. The second-order valence-corrected chi connectivity index (χ2v) is 6.55. The molecule has 4 rings (SSSR count). The van der Waals surface area contributed by atoms with Crippen molar-refractivity contribution < 1.29 is 9.21 Å². The van der Waals surface area contributed by atoms with Gasteiger partial charge in [0.2, 0.25) is 5.91 Å². The lowest BCUT2D eigenvalue weighted by Gasteiger charge is -2.05. The highest BCUT2D eigenvalue weighted by Crippen LogP contribution is 2.26. The number of furan rings is 1. The van der Waals surface area contributed by atoms with Gasteiger partial charge in [-0.15, -0.1) is 11.3 Å². The zero-order valence-electron chi connectivity index (χ0n) is 12.5. The number of carbonyl (C=O) groups excluding carboxylic acids is 1. The van der Waals surface area contributed by atoms with E-state index in [1.54, 1.807) is 6.26 Å². The monoisotopic (exact) mass is 324 g/mol. The summed E-state index contributed by atoms with van der Waals surface area (Å²) in [5.74, 6) is 0.670. The molecule has 0 atom stereocenters. The van der Waals surface area contributed by atoms with Crippen molar-refractivity contribution in [2.75, 3.05) is 5.32 Å². The molecular formula is C18H16N2O2S. The molecule has 116 valence electrons. The van der Waals surface area contributed by atoms with Crippen LogP contribution in [0, 0.1) is 0 Å². The van der Waals surface area contributed by atoms with Gasteiger partial charge in [0.15, 0.2) is 10.9 Å². The number of benzene rings is 1. The second kappa shape index (κ2) is 6.01. The number of hydrogen-bond donors (Lipinski definition) is 1. The number of anilines is 1. The minimum Gasteiger partial charge on any atom is -0.463 e. The van der Waals surface area contributed by atoms with Crippen LogP contribution in [-0.2, 0) is 24.1 Å². The van der Waals surface area contributed by atoms with E-state index >= 15 is 0 Å². The summed E-state index contributed by atoms with van der Waals surface area (Å²) >= 11 is 1.40. The van der Waals surface area contributed by atoms with Gasteiger partial charge in [0.05, 0.1) is 12.7 Å². The number of nitrogens with one attached hydrogen (secondary N) is 1. The summed E-state index contributed by atoms with van der Waals surface area (Å²) in [7, 11) is 0. The average Bonchev–Trinajstić information content (AvgIpc) is 3.27. The van der Waals surface area contributed by atoms with E-state index in [4.69, 9.17) is 4.42 Å². The van der Waals surface area contributed by atoms with Gasteiger partial charge < -0.3 is 9.73 Å². The number of nitrogens with zero attached hydrogens (tertiary/aromatic N) is 1. The number of carbonyl (C=O) groups is 1. The number of aryl methyl sites for hydroxylation is 2. The lowest BCUT2D eigenvalue weighted by Crippen LogP contribution is -2.14. The molecule has 0 saturated heterocycles. The fraction of sp³-hybridized carbons (Fsp3) is 0.222. The van der Waals surface area contributed by atoms with Gasteiger partial charge in [-0.1, -0.05) is 18.2 Å². The number of aromatic nitrogens is 1. The molecule has 23 heavy (non-hydrogen) atoms. The van der Waals surface area contributed by atoms with E-state index in [9.17, 15) is 4.79 Å². The summed E-state index contributed by atoms with van der Waals surface area (Å²) in [6.45, 7) is 0. The van der Waals surface area contributed by atoms with Gasteiger partial charge in [-0.2, -0.15) is 0 Å². The molecule has 1 aliphatic rings. The van der Waals surface area contributed by atoms with E-state index in [0.717, 1.165) is 24.1 Å². The molecule has 3 aromatic rings. The second-order valence-electron chi connectivity index (χ2n) is 5.70. The Kier molecular flexibility index (Phi) is 3.71. The standard InChI is InChI=1S/C18H16N2O2S/c21-17(10-12-6-7-13-3-1-4-14(13)9-12)20-18-19-15(11-23-18)16-5-2-8-22-16/h2,5-9,11H,1,3-4,10H2,(H,19,20,21). The predicted octanol–water partition coefficient (Wildman–Crippen LogP) is 4.07. The molecule has 0 bridgehead atoms. The third-order valence-corrected chi connectivity index (χ3v) is 4.81. The number of rotatable bonds is 4. The third kappa shape index (κ3) is 3.05. The highest BCUT2D eigenvalue weighted by atomic mass is 32.1. The summed E-state index contributed by atoms with van der Waals surface area (Å²) in [5.41, 5.74) is 4.63.